The summed E-state index contributed by atoms with van der Waals surface area (Å²) in [6.07, 6.45) is 0.439. The highest BCUT2D eigenvalue weighted by molar-refractivity contribution is 6.07. The Hall–Kier alpha value is -2.82. The minimum atomic E-state index is -1.02. The van der Waals surface area contributed by atoms with Crippen LogP contribution in [0.2, 0.25) is 0 Å². The zero-order chi connectivity index (χ0) is 19.2. The normalized spacial score (nSPS) is 21.8. The quantitative estimate of drug-likeness (QED) is 0.827. The summed E-state index contributed by atoms with van der Waals surface area (Å²) in [7, 11) is 0. The monoisotopic (exact) mass is 364 g/mol. The van der Waals surface area contributed by atoms with Crippen LogP contribution in [0.4, 0.5) is 4.79 Å². The zero-order valence-corrected chi connectivity index (χ0v) is 15.9. The average molecular weight is 364 g/mol. The molecule has 0 bridgehead atoms. The van der Waals surface area contributed by atoms with Gasteiger partial charge in [0.25, 0.3) is 5.91 Å². The maximum Gasteiger partial charge on any atom is 0.325 e. The molecule has 0 radical (unpaired) electrons. The number of nitrogens with zero attached hydrogens (tertiary/aromatic N) is 1. The number of benzene rings is 2. The Bertz CT molecular complexity index is 899. The van der Waals surface area contributed by atoms with E-state index < -0.39 is 5.54 Å². The van der Waals surface area contributed by atoms with E-state index in [-0.39, 0.29) is 23.9 Å². The number of hydrogen-bond acceptors (Lipinski definition) is 3. The van der Waals surface area contributed by atoms with Gasteiger partial charge in [0.2, 0.25) is 0 Å². The molecule has 5 heteroatoms. The van der Waals surface area contributed by atoms with Crippen LogP contribution in [0, 0.1) is 0 Å². The first kappa shape index (κ1) is 17.6. The number of fused-ring (bicyclic) bond motifs is 2. The van der Waals surface area contributed by atoms with Crippen LogP contribution < -0.4 is 10.1 Å². The van der Waals surface area contributed by atoms with Gasteiger partial charge in [0.15, 0.2) is 5.54 Å². The molecule has 4 rings (SSSR count). The highest BCUT2D eigenvalue weighted by Crippen LogP contribution is 2.41. The van der Waals surface area contributed by atoms with Crippen LogP contribution in [0.1, 0.15) is 43.9 Å². The molecule has 3 amide bonds. The fraction of sp³-hybridized carbons (Fsp3) is 0.364. The number of para-hydroxylation sites is 1. The van der Waals surface area contributed by atoms with Crippen LogP contribution in [-0.4, -0.2) is 23.4 Å². The third-order valence-corrected chi connectivity index (χ3v) is 5.42. The molecule has 1 atom stereocenters. The third kappa shape index (κ3) is 2.87. The molecule has 2 aliphatic rings. The standard InChI is InChI=1S/C22H24N2O3/c1-21(2,3)16-10-8-15(9-11-16)14-24-19(25)22(23-20(24)26)12-13-27-18-7-5-4-6-17(18)22/h4-11H,12-14H2,1-3H3,(H,23,26). The number of urea groups is 1. The Morgan fingerprint density at radius 2 is 1.78 bits per heavy atom. The molecule has 2 aromatic carbocycles. The lowest BCUT2D eigenvalue weighted by Crippen LogP contribution is -2.47. The molecular formula is C22H24N2O3. The van der Waals surface area contributed by atoms with E-state index in [2.05, 4.69) is 38.2 Å². The van der Waals surface area contributed by atoms with Crippen LogP contribution in [0.5, 0.6) is 5.75 Å². The lowest BCUT2D eigenvalue weighted by Gasteiger charge is -2.33. The van der Waals surface area contributed by atoms with Crippen molar-refractivity contribution in [3.8, 4) is 5.75 Å². The van der Waals surface area contributed by atoms with E-state index in [0.29, 0.717) is 18.8 Å². The molecule has 27 heavy (non-hydrogen) atoms. The van der Waals surface area contributed by atoms with Crippen LogP contribution in [0.3, 0.4) is 0 Å². The molecule has 140 valence electrons. The highest BCUT2D eigenvalue weighted by atomic mass is 16.5. The van der Waals surface area contributed by atoms with E-state index in [9.17, 15) is 9.59 Å². The smallest absolute Gasteiger partial charge is 0.325 e. The molecule has 2 aliphatic heterocycles. The Balaban J connectivity index is 1.61. The molecule has 2 heterocycles. The van der Waals surface area contributed by atoms with E-state index in [0.717, 1.165) is 11.1 Å². The van der Waals surface area contributed by atoms with Gasteiger partial charge in [0.05, 0.1) is 13.2 Å². The second-order valence-corrected chi connectivity index (χ2v) is 8.27. The fourth-order valence-electron chi connectivity index (χ4n) is 3.81. The lowest BCUT2D eigenvalue weighted by atomic mass is 9.84. The van der Waals surface area contributed by atoms with Crippen molar-refractivity contribution in [1.29, 1.82) is 0 Å². The Morgan fingerprint density at radius 3 is 2.48 bits per heavy atom. The van der Waals surface area contributed by atoms with Gasteiger partial charge in [-0.3, -0.25) is 9.69 Å². The number of rotatable bonds is 2. The number of carbonyl (C=O) groups excluding carboxylic acids is 2. The van der Waals surface area contributed by atoms with Crippen molar-refractivity contribution in [2.24, 2.45) is 0 Å². The molecule has 1 N–H and O–H groups in total. The molecule has 1 unspecified atom stereocenters. The Morgan fingerprint density at radius 1 is 1.07 bits per heavy atom. The van der Waals surface area contributed by atoms with E-state index >= 15 is 0 Å². The molecule has 2 aromatic rings. The molecular weight excluding hydrogens is 340 g/mol. The number of imide groups is 1. The van der Waals surface area contributed by atoms with E-state index in [1.54, 1.807) is 0 Å². The molecule has 5 nitrogen and oxygen atoms in total. The van der Waals surface area contributed by atoms with Gasteiger partial charge < -0.3 is 10.1 Å². The first-order valence-electron chi connectivity index (χ1n) is 9.27. The maximum absolute atomic E-state index is 13.3. The van der Waals surface area contributed by atoms with Crippen molar-refractivity contribution >= 4 is 11.9 Å². The van der Waals surface area contributed by atoms with Gasteiger partial charge in [0.1, 0.15) is 5.75 Å². The van der Waals surface area contributed by atoms with Crippen LogP contribution in [-0.2, 0) is 22.3 Å². The van der Waals surface area contributed by atoms with Crippen molar-refractivity contribution in [3.05, 3.63) is 65.2 Å². The number of hydrogen-bond donors (Lipinski definition) is 1. The Labute approximate surface area is 159 Å². The second-order valence-electron chi connectivity index (χ2n) is 8.27. The van der Waals surface area contributed by atoms with Crippen molar-refractivity contribution in [3.63, 3.8) is 0 Å². The lowest BCUT2D eigenvalue weighted by molar-refractivity contribution is -0.133. The average Bonchev–Trinajstić information content (AvgIpc) is 2.87. The number of carbonyl (C=O) groups is 2. The van der Waals surface area contributed by atoms with Crippen LogP contribution >= 0.6 is 0 Å². The summed E-state index contributed by atoms with van der Waals surface area (Å²) in [5, 5.41) is 2.94. The van der Waals surface area contributed by atoms with Crippen molar-refractivity contribution < 1.29 is 14.3 Å². The molecule has 1 fully saturated rings. The molecule has 0 aromatic heterocycles. The van der Waals surface area contributed by atoms with E-state index in [4.69, 9.17) is 4.74 Å². The summed E-state index contributed by atoms with van der Waals surface area (Å²) in [5.41, 5.74) is 1.94. The van der Waals surface area contributed by atoms with Crippen LogP contribution in [0.25, 0.3) is 0 Å². The molecule has 0 aliphatic carbocycles. The van der Waals surface area contributed by atoms with E-state index in [1.807, 2.05) is 36.4 Å². The number of ether oxygens (including phenoxy) is 1. The maximum atomic E-state index is 13.3. The van der Waals surface area contributed by atoms with Gasteiger partial charge in [-0.05, 0) is 22.6 Å². The van der Waals surface area contributed by atoms with Crippen molar-refractivity contribution in [2.45, 2.75) is 44.7 Å². The second kappa shape index (κ2) is 6.12. The van der Waals surface area contributed by atoms with Gasteiger partial charge in [0, 0.05) is 12.0 Å². The van der Waals surface area contributed by atoms with Gasteiger partial charge >= 0.3 is 6.03 Å². The number of nitrogens with one attached hydrogen (secondary N) is 1. The first-order valence-corrected chi connectivity index (χ1v) is 9.27. The summed E-state index contributed by atoms with van der Waals surface area (Å²) >= 11 is 0. The highest BCUT2D eigenvalue weighted by Gasteiger charge is 2.54. The fourth-order valence-corrected chi connectivity index (χ4v) is 3.81. The first-order chi connectivity index (χ1) is 12.8. The topological polar surface area (TPSA) is 58.6 Å². The number of amides is 3. The molecule has 1 saturated heterocycles. The minimum absolute atomic E-state index is 0.0647. The Kier molecular flexibility index (Phi) is 3.98. The van der Waals surface area contributed by atoms with Crippen LogP contribution in [0.15, 0.2) is 48.5 Å². The summed E-state index contributed by atoms with van der Waals surface area (Å²) in [4.78, 5) is 27.2. The van der Waals surface area contributed by atoms with Gasteiger partial charge in [-0.15, -0.1) is 0 Å². The molecule has 1 spiro atoms. The molecule has 0 saturated carbocycles. The largest absolute Gasteiger partial charge is 0.493 e. The van der Waals surface area contributed by atoms with E-state index in [1.165, 1.54) is 10.5 Å². The van der Waals surface area contributed by atoms with Gasteiger partial charge in [-0.25, -0.2) is 4.79 Å². The third-order valence-electron chi connectivity index (χ3n) is 5.42. The summed E-state index contributed by atoms with van der Waals surface area (Å²) < 4.78 is 5.67. The summed E-state index contributed by atoms with van der Waals surface area (Å²) in [5.74, 6) is 0.455. The zero-order valence-electron chi connectivity index (χ0n) is 15.9. The predicted octanol–water partition coefficient (Wildman–Crippen LogP) is 3.71. The predicted molar refractivity (Wildman–Crippen MR) is 102 cm³/mol. The SMILES string of the molecule is CC(C)(C)c1ccc(CN2C(=O)NC3(CCOc4ccccc43)C2=O)cc1. The van der Waals surface area contributed by atoms with Gasteiger partial charge in [-0.1, -0.05) is 63.2 Å². The van der Waals surface area contributed by atoms with Gasteiger partial charge in [-0.2, -0.15) is 0 Å². The van der Waals surface area contributed by atoms with Crippen molar-refractivity contribution in [1.82, 2.24) is 10.2 Å². The minimum Gasteiger partial charge on any atom is -0.493 e. The van der Waals surface area contributed by atoms with Crippen molar-refractivity contribution in [2.75, 3.05) is 6.61 Å². The summed E-state index contributed by atoms with van der Waals surface area (Å²) in [6.45, 7) is 7.14. The summed E-state index contributed by atoms with van der Waals surface area (Å²) in [6, 6.07) is 15.2.